The van der Waals surface area contributed by atoms with Crippen molar-refractivity contribution in [3.63, 3.8) is 0 Å². The van der Waals surface area contributed by atoms with Crippen LogP contribution in [0, 0.1) is 11.3 Å². The molecule has 8 heteroatoms. The Balaban J connectivity index is 1.75. The second kappa shape index (κ2) is 7.32. The Morgan fingerprint density at radius 2 is 2.00 bits per heavy atom. The van der Waals surface area contributed by atoms with E-state index >= 15 is 0 Å². The van der Waals surface area contributed by atoms with E-state index in [4.69, 9.17) is 28.5 Å². The zero-order chi connectivity index (χ0) is 17.1. The molecule has 0 spiro atoms. The summed E-state index contributed by atoms with van der Waals surface area (Å²) in [6, 6.07) is 8.96. The van der Waals surface area contributed by atoms with Gasteiger partial charge in [-0.25, -0.2) is 4.98 Å². The zero-order valence-electron chi connectivity index (χ0n) is 12.0. The van der Waals surface area contributed by atoms with Crippen LogP contribution in [0.3, 0.4) is 0 Å². The van der Waals surface area contributed by atoms with Gasteiger partial charge < -0.3 is 5.32 Å². The predicted octanol–water partition coefficient (Wildman–Crippen LogP) is 5.23. The van der Waals surface area contributed by atoms with Gasteiger partial charge in [0, 0.05) is 10.9 Å². The van der Waals surface area contributed by atoms with E-state index in [0.29, 0.717) is 36.9 Å². The SMILES string of the molecule is N#Cc1ccsc1NC(=O)Cc1csc(-c2c(Cl)cccc2Cl)n1. The fourth-order valence-electron chi connectivity index (χ4n) is 2.03. The van der Waals surface area contributed by atoms with Crippen LogP contribution in [0.5, 0.6) is 0 Å². The lowest BCUT2D eigenvalue weighted by molar-refractivity contribution is -0.115. The van der Waals surface area contributed by atoms with Gasteiger partial charge in [0.05, 0.1) is 27.7 Å². The Morgan fingerprint density at radius 1 is 1.25 bits per heavy atom. The minimum absolute atomic E-state index is 0.112. The molecule has 0 saturated heterocycles. The third-order valence-corrected chi connectivity index (χ3v) is 5.48. The lowest BCUT2D eigenvalue weighted by Gasteiger charge is -2.03. The maximum absolute atomic E-state index is 12.1. The molecule has 3 rings (SSSR count). The van der Waals surface area contributed by atoms with E-state index in [0.717, 1.165) is 0 Å². The van der Waals surface area contributed by atoms with Gasteiger partial charge in [-0.3, -0.25) is 4.79 Å². The quantitative estimate of drug-likeness (QED) is 0.659. The third kappa shape index (κ3) is 3.60. The molecule has 0 aliphatic carbocycles. The summed E-state index contributed by atoms with van der Waals surface area (Å²) < 4.78 is 0. The number of rotatable bonds is 4. The number of aromatic nitrogens is 1. The van der Waals surface area contributed by atoms with Crippen molar-refractivity contribution in [3.05, 3.63) is 56.3 Å². The molecular formula is C16H9Cl2N3OS2. The Hall–Kier alpha value is -1.91. The summed E-state index contributed by atoms with van der Waals surface area (Å²) in [4.78, 5) is 16.6. The Labute approximate surface area is 156 Å². The summed E-state index contributed by atoms with van der Waals surface area (Å²) in [5.74, 6) is -0.226. The molecule has 0 fully saturated rings. The second-order valence-electron chi connectivity index (χ2n) is 4.74. The molecule has 4 nitrogen and oxygen atoms in total. The molecule has 0 atom stereocenters. The number of anilines is 1. The molecular weight excluding hydrogens is 385 g/mol. The normalized spacial score (nSPS) is 10.4. The van der Waals surface area contributed by atoms with Crippen molar-refractivity contribution in [2.24, 2.45) is 0 Å². The fourth-order valence-corrected chi connectivity index (χ4v) is 4.37. The van der Waals surface area contributed by atoms with Gasteiger partial charge in [0.25, 0.3) is 0 Å². The van der Waals surface area contributed by atoms with Crippen LogP contribution >= 0.6 is 45.9 Å². The number of thiophene rings is 1. The van der Waals surface area contributed by atoms with E-state index in [1.54, 1.807) is 35.0 Å². The van der Waals surface area contributed by atoms with Crippen molar-refractivity contribution in [2.75, 3.05) is 5.32 Å². The van der Waals surface area contributed by atoms with Crippen LogP contribution in [0.4, 0.5) is 5.00 Å². The number of benzene rings is 1. The van der Waals surface area contributed by atoms with Crippen molar-refractivity contribution < 1.29 is 4.79 Å². The van der Waals surface area contributed by atoms with Crippen molar-refractivity contribution in [1.29, 1.82) is 5.26 Å². The Morgan fingerprint density at radius 3 is 2.71 bits per heavy atom. The fraction of sp³-hybridized carbons (Fsp3) is 0.0625. The Kier molecular flexibility index (Phi) is 5.17. The number of thiazole rings is 1. The van der Waals surface area contributed by atoms with E-state index in [2.05, 4.69) is 10.3 Å². The van der Waals surface area contributed by atoms with Gasteiger partial charge in [0.2, 0.25) is 5.91 Å². The van der Waals surface area contributed by atoms with Crippen LogP contribution in [0.2, 0.25) is 10.0 Å². The van der Waals surface area contributed by atoms with Gasteiger partial charge in [-0.15, -0.1) is 22.7 Å². The molecule has 1 aromatic carbocycles. The summed E-state index contributed by atoms with van der Waals surface area (Å²) in [6.45, 7) is 0. The minimum Gasteiger partial charge on any atom is -0.316 e. The molecule has 24 heavy (non-hydrogen) atoms. The summed E-state index contributed by atoms with van der Waals surface area (Å²) in [7, 11) is 0. The number of hydrogen-bond acceptors (Lipinski definition) is 5. The molecule has 3 aromatic rings. The topological polar surface area (TPSA) is 65.8 Å². The highest BCUT2D eigenvalue weighted by Gasteiger charge is 2.15. The van der Waals surface area contributed by atoms with Crippen molar-refractivity contribution >= 4 is 56.8 Å². The lowest BCUT2D eigenvalue weighted by atomic mass is 10.2. The first-order valence-electron chi connectivity index (χ1n) is 6.74. The molecule has 0 saturated carbocycles. The van der Waals surface area contributed by atoms with Crippen LogP contribution < -0.4 is 5.32 Å². The van der Waals surface area contributed by atoms with Crippen LogP contribution in [0.1, 0.15) is 11.3 Å². The maximum atomic E-state index is 12.1. The minimum atomic E-state index is -0.226. The van der Waals surface area contributed by atoms with Crippen molar-refractivity contribution in [3.8, 4) is 16.6 Å². The number of halogens is 2. The van der Waals surface area contributed by atoms with Gasteiger partial charge in [-0.05, 0) is 23.6 Å². The number of amides is 1. The molecule has 120 valence electrons. The van der Waals surface area contributed by atoms with E-state index in [-0.39, 0.29) is 12.3 Å². The molecule has 1 N–H and O–H groups in total. The van der Waals surface area contributed by atoms with Gasteiger partial charge >= 0.3 is 0 Å². The van der Waals surface area contributed by atoms with Crippen LogP contribution in [0.25, 0.3) is 10.6 Å². The number of carbonyl (C=O) groups is 1. The zero-order valence-corrected chi connectivity index (χ0v) is 15.2. The number of carbonyl (C=O) groups excluding carboxylic acids is 1. The standard InChI is InChI=1S/C16H9Cl2N3OS2/c17-11-2-1-3-12(18)14(11)16-20-10(8-24-16)6-13(22)21-15-9(7-19)4-5-23-15/h1-5,8H,6H2,(H,21,22). The van der Waals surface area contributed by atoms with Gasteiger partial charge in [0.1, 0.15) is 16.1 Å². The van der Waals surface area contributed by atoms with Crippen LogP contribution in [-0.2, 0) is 11.2 Å². The molecule has 0 unspecified atom stereocenters. The average Bonchev–Trinajstić information content (AvgIpc) is 3.16. The molecule has 0 radical (unpaired) electrons. The van der Waals surface area contributed by atoms with Gasteiger partial charge in [-0.2, -0.15) is 5.26 Å². The highest BCUT2D eigenvalue weighted by atomic mass is 35.5. The Bertz CT molecular complexity index is 923. The van der Waals surface area contributed by atoms with Gasteiger partial charge in [0.15, 0.2) is 0 Å². The smallest absolute Gasteiger partial charge is 0.231 e. The maximum Gasteiger partial charge on any atom is 0.231 e. The predicted molar refractivity (Wildman–Crippen MR) is 98.9 cm³/mol. The largest absolute Gasteiger partial charge is 0.316 e. The summed E-state index contributed by atoms with van der Waals surface area (Å²) in [6.07, 6.45) is 0.112. The number of nitriles is 1. The molecule has 0 bridgehead atoms. The molecule has 0 aliphatic rings. The van der Waals surface area contributed by atoms with Crippen molar-refractivity contribution in [2.45, 2.75) is 6.42 Å². The van der Waals surface area contributed by atoms with E-state index < -0.39 is 0 Å². The summed E-state index contributed by atoms with van der Waals surface area (Å²) in [5.41, 5.74) is 1.75. The first kappa shape index (κ1) is 16.9. The highest BCUT2D eigenvalue weighted by Crippen LogP contribution is 2.36. The summed E-state index contributed by atoms with van der Waals surface area (Å²) in [5, 5.41) is 17.5. The number of hydrogen-bond donors (Lipinski definition) is 1. The van der Waals surface area contributed by atoms with Gasteiger partial charge in [-0.1, -0.05) is 29.3 Å². The van der Waals surface area contributed by atoms with Crippen molar-refractivity contribution in [1.82, 2.24) is 4.98 Å². The van der Waals surface area contributed by atoms with E-state index in [1.165, 1.54) is 22.7 Å². The van der Waals surface area contributed by atoms with E-state index in [1.807, 2.05) is 6.07 Å². The number of nitrogens with one attached hydrogen (secondary N) is 1. The molecule has 1 amide bonds. The molecule has 2 aromatic heterocycles. The first-order valence-corrected chi connectivity index (χ1v) is 9.26. The average molecular weight is 394 g/mol. The second-order valence-corrected chi connectivity index (χ2v) is 7.33. The number of nitrogens with zero attached hydrogens (tertiary/aromatic N) is 2. The molecule has 0 aliphatic heterocycles. The van der Waals surface area contributed by atoms with Crippen LogP contribution in [-0.4, -0.2) is 10.9 Å². The van der Waals surface area contributed by atoms with E-state index in [9.17, 15) is 4.79 Å². The summed E-state index contributed by atoms with van der Waals surface area (Å²) >= 11 is 15.1. The third-order valence-electron chi connectivity index (χ3n) is 3.11. The molecule has 2 heterocycles. The first-order chi connectivity index (χ1) is 11.6. The monoisotopic (exact) mass is 393 g/mol. The lowest BCUT2D eigenvalue weighted by Crippen LogP contribution is -2.14. The van der Waals surface area contributed by atoms with Crippen LogP contribution in [0.15, 0.2) is 35.0 Å². The highest BCUT2D eigenvalue weighted by molar-refractivity contribution is 7.14.